The molecule has 0 saturated carbocycles. The topological polar surface area (TPSA) is 68.9 Å². The predicted molar refractivity (Wildman–Crippen MR) is 87.2 cm³/mol. The fourth-order valence-corrected chi connectivity index (χ4v) is 3.28. The normalized spacial score (nSPS) is 10.7. The van der Waals surface area contributed by atoms with Gasteiger partial charge in [-0.3, -0.25) is 4.79 Å². The quantitative estimate of drug-likeness (QED) is 0.529. The number of aryl methyl sites for hydroxylation is 3. The van der Waals surface area contributed by atoms with Crippen LogP contribution in [0.5, 0.6) is 0 Å². The molecule has 0 spiro atoms. The van der Waals surface area contributed by atoms with Gasteiger partial charge in [-0.05, 0) is 31.9 Å². The van der Waals surface area contributed by atoms with Crippen molar-refractivity contribution in [3.63, 3.8) is 0 Å². The minimum atomic E-state index is 0.0594. The van der Waals surface area contributed by atoms with Gasteiger partial charge in [0, 0.05) is 5.56 Å². The Kier molecular flexibility index (Phi) is 4.85. The van der Waals surface area contributed by atoms with Crippen molar-refractivity contribution in [1.82, 2.24) is 9.97 Å². The average molecular weight is 322 g/mol. The summed E-state index contributed by atoms with van der Waals surface area (Å²) in [7, 11) is 0. The first-order chi connectivity index (χ1) is 9.90. The SMILES string of the molecule is Cc1cc(C)c(C(=O)CSc2ncnc(Cl)c2N)c(C)c1. The number of aromatic nitrogens is 2. The van der Waals surface area contributed by atoms with Crippen LogP contribution < -0.4 is 5.73 Å². The molecule has 110 valence electrons. The van der Waals surface area contributed by atoms with Gasteiger partial charge in [-0.25, -0.2) is 9.97 Å². The average Bonchev–Trinajstić information content (AvgIpc) is 2.39. The number of nitrogen functional groups attached to an aromatic ring is 1. The molecule has 0 bridgehead atoms. The Bertz CT molecular complexity index is 680. The number of ketones is 1. The summed E-state index contributed by atoms with van der Waals surface area (Å²) in [6, 6.07) is 4.03. The zero-order valence-corrected chi connectivity index (χ0v) is 13.7. The van der Waals surface area contributed by atoms with Crippen molar-refractivity contribution in [3.05, 3.63) is 45.9 Å². The second-order valence-corrected chi connectivity index (χ2v) is 6.19. The second kappa shape index (κ2) is 6.45. The highest BCUT2D eigenvalue weighted by Crippen LogP contribution is 2.28. The number of nitrogens with zero attached hydrogens (tertiary/aromatic N) is 2. The molecule has 0 aliphatic rings. The highest BCUT2D eigenvalue weighted by Gasteiger charge is 2.15. The molecule has 0 aliphatic carbocycles. The number of benzene rings is 1. The number of anilines is 1. The number of halogens is 1. The number of thioether (sulfide) groups is 1. The summed E-state index contributed by atoms with van der Waals surface area (Å²) in [6.07, 6.45) is 1.34. The molecule has 0 amide bonds. The fraction of sp³-hybridized carbons (Fsp3) is 0.267. The molecule has 2 N–H and O–H groups in total. The van der Waals surface area contributed by atoms with Crippen LogP contribution in [0, 0.1) is 20.8 Å². The van der Waals surface area contributed by atoms with Crippen LogP contribution >= 0.6 is 23.4 Å². The predicted octanol–water partition coefficient (Wildman–Crippen LogP) is 3.61. The number of hydrogen-bond donors (Lipinski definition) is 1. The molecule has 21 heavy (non-hydrogen) atoms. The smallest absolute Gasteiger partial charge is 0.173 e. The van der Waals surface area contributed by atoms with E-state index in [0.29, 0.717) is 10.7 Å². The van der Waals surface area contributed by atoms with Crippen LogP contribution in [-0.2, 0) is 0 Å². The number of nitrogens with two attached hydrogens (primary N) is 1. The summed E-state index contributed by atoms with van der Waals surface area (Å²) in [5.74, 6) is 0.326. The van der Waals surface area contributed by atoms with Crippen molar-refractivity contribution in [2.45, 2.75) is 25.8 Å². The van der Waals surface area contributed by atoms with Crippen molar-refractivity contribution >= 4 is 34.8 Å². The molecular weight excluding hydrogens is 306 g/mol. The van der Waals surface area contributed by atoms with Crippen LogP contribution in [0.3, 0.4) is 0 Å². The highest BCUT2D eigenvalue weighted by molar-refractivity contribution is 8.00. The van der Waals surface area contributed by atoms with Crippen molar-refractivity contribution in [3.8, 4) is 0 Å². The summed E-state index contributed by atoms with van der Waals surface area (Å²) in [5, 5.41) is 0.744. The van der Waals surface area contributed by atoms with Crippen molar-refractivity contribution in [1.29, 1.82) is 0 Å². The maximum atomic E-state index is 12.4. The Balaban J connectivity index is 2.18. The summed E-state index contributed by atoms with van der Waals surface area (Å²) < 4.78 is 0. The molecule has 0 aliphatic heterocycles. The Morgan fingerprint density at radius 3 is 2.48 bits per heavy atom. The monoisotopic (exact) mass is 321 g/mol. The molecule has 1 heterocycles. The van der Waals surface area contributed by atoms with E-state index in [9.17, 15) is 4.79 Å². The lowest BCUT2D eigenvalue weighted by Crippen LogP contribution is -2.08. The van der Waals surface area contributed by atoms with Gasteiger partial charge in [0.2, 0.25) is 0 Å². The van der Waals surface area contributed by atoms with E-state index in [4.69, 9.17) is 17.3 Å². The standard InChI is InChI=1S/C15H16ClN3OS/c1-8-4-9(2)12(10(3)5-8)11(20)6-21-15-13(17)14(16)18-7-19-15/h4-5,7H,6,17H2,1-3H3. The van der Waals surface area contributed by atoms with Crippen LogP contribution in [-0.4, -0.2) is 21.5 Å². The van der Waals surface area contributed by atoms with Crippen LogP contribution in [0.1, 0.15) is 27.0 Å². The van der Waals surface area contributed by atoms with E-state index in [0.717, 1.165) is 22.3 Å². The largest absolute Gasteiger partial charge is 0.394 e. The Morgan fingerprint density at radius 2 is 1.86 bits per heavy atom. The molecular formula is C15H16ClN3OS. The molecule has 0 saturated heterocycles. The molecule has 1 aromatic heterocycles. The van der Waals surface area contributed by atoms with E-state index < -0.39 is 0 Å². The zero-order valence-electron chi connectivity index (χ0n) is 12.1. The molecule has 1 aromatic carbocycles. The van der Waals surface area contributed by atoms with Crippen LogP contribution in [0.4, 0.5) is 5.69 Å². The minimum Gasteiger partial charge on any atom is -0.394 e. The van der Waals surface area contributed by atoms with Gasteiger partial charge in [0.1, 0.15) is 17.0 Å². The Labute approximate surface area is 133 Å². The summed E-state index contributed by atoms with van der Waals surface area (Å²) in [4.78, 5) is 20.3. The van der Waals surface area contributed by atoms with Gasteiger partial charge < -0.3 is 5.73 Å². The molecule has 0 unspecified atom stereocenters. The van der Waals surface area contributed by atoms with E-state index in [1.165, 1.54) is 18.1 Å². The second-order valence-electron chi connectivity index (χ2n) is 4.87. The van der Waals surface area contributed by atoms with E-state index in [-0.39, 0.29) is 16.7 Å². The van der Waals surface area contributed by atoms with Gasteiger partial charge in [-0.15, -0.1) is 0 Å². The number of carbonyl (C=O) groups is 1. The number of rotatable bonds is 4. The maximum Gasteiger partial charge on any atom is 0.173 e. The highest BCUT2D eigenvalue weighted by atomic mass is 35.5. The van der Waals surface area contributed by atoms with Gasteiger partial charge in [0.25, 0.3) is 0 Å². The first-order valence-electron chi connectivity index (χ1n) is 6.40. The summed E-state index contributed by atoms with van der Waals surface area (Å²) in [5.41, 5.74) is 10.0. The van der Waals surface area contributed by atoms with Gasteiger partial charge in [-0.2, -0.15) is 0 Å². The Morgan fingerprint density at radius 1 is 1.24 bits per heavy atom. The van der Waals surface area contributed by atoms with E-state index in [1.54, 1.807) is 0 Å². The minimum absolute atomic E-state index is 0.0594. The molecule has 6 heteroatoms. The van der Waals surface area contributed by atoms with Crippen molar-refractivity contribution in [2.75, 3.05) is 11.5 Å². The summed E-state index contributed by atoms with van der Waals surface area (Å²) >= 11 is 7.12. The van der Waals surface area contributed by atoms with Gasteiger partial charge in [0.05, 0.1) is 5.75 Å². The first kappa shape index (κ1) is 15.8. The van der Waals surface area contributed by atoms with Crippen LogP contribution in [0.25, 0.3) is 0 Å². The molecule has 4 nitrogen and oxygen atoms in total. The van der Waals surface area contributed by atoms with Crippen LogP contribution in [0.2, 0.25) is 5.15 Å². The third-order valence-electron chi connectivity index (χ3n) is 3.09. The van der Waals surface area contributed by atoms with Gasteiger partial charge in [-0.1, -0.05) is 41.1 Å². The van der Waals surface area contributed by atoms with E-state index >= 15 is 0 Å². The number of Topliss-reactive ketones (excluding diaryl/α,β-unsaturated/α-hetero) is 1. The summed E-state index contributed by atoms with van der Waals surface area (Å²) in [6.45, 7) is 5.92. The molecule has 0 fully saturated rings. The first-order valence-corrected chi connectivity index (χ1v) is 7.76. The van der Waals surface area contributed by atoms with E-state index in [2.05, 4.69) is 9.97 Å². The zero-order chi connectivity index (χ0) is 15.6. The number of carbonyl (C=O) groups excluding carboxylic acids is 1. The lowest BCUT2D eigenvalue weighted by Gasteiger charge is -2.10. The lowest BCUT2D eigenvalue weighted by atomic mass is 9.97. The molecule has 2 rings (SSSR count). The number of hydrogen-bond acceptors (Lipinski definition) is 5. The van der Waals surface area contributed by atoms with Crippen molar-refractivity contribution < 1.29 is 4.79 Å². The Hall–Kier alpha value is -1.59. The molecule has 0 atom stereocenters. The third-order valence-corrected chi connectivity index (χ3v) is 4.40. The molecule has 0 radical (unpaired) electrons. The van der Waals surface area contributed by atoms with Crippen LogP contribution in [0.15, 0.2) is 23.5 Å². The third kappa shape index (κ3) is 3.54. The van der Waals surface area contributed by atoms with E-state index in [1.807, 2.05) is 32.9 Å². The van der Waals surface area contributed by atoms with Crippen molar-refractivity contribution in [2.24, 2.45) is 0 Å². The maximum absolute atomic E-state index is 12.4. The van der Waals surface area contributed by atoms with Gasteiger partial charge in [0.15, 0.2) is 10.9 Å². The lowest BCUT2D eigenvalue weighted by molar-refractivity contribution is 0.102. The van der Waals surface area contributed by atoms with Gasteiger partial charge >= 0.3 is 0 Å². The molecule has 2 aromatic rings. The fourth-order valence-electron chi connectivity index (χ4n) is 2.30.